The Balaban J connectivity index is 2.60. The molecule has 0 saturated heterocycles. The van der Waals surface area contributed by atoms with E-state index < -0.39 is 0 Å². The number of carbonyl (C=O) groups is 1. The van der Waals surface area contributed by atoms with Gasteiger partial charge in [0, 0.05) is 13.3 Å². The number of carbonyl (C=O) groups excluding carboxylic acids is 1. The summed E-state index contributed by atoms with van der Waals surface area (Å²) >= 11 is 0. The molecule has 1 atom stereocenters. The van der Waals surface area contributed by atoms with Crippen LogP contribution >= 0.6 is 0 Å². The van der Waals surface area contributed by atoms with Gasteiger partial charge in [0.15, 0.2) is 0 Å². The molecule has 0 spiro atoms. The second-order valence-corrected chi connectivity index (χ2v) is 4.60. The van der Waals surface area contributed by atoms with E-state index in [0.717, 1.165) is 43.5 Å². The minimum absolute atomic E-state index is 0.00132. The maximum Gasteiger partial charge on any atom is 0.309 e. The number of esters is 1. The summed E-state index contributed by atoms with van der Waals surface area (Å²) in [5.41, 5.74) is 1.15. The van der Waals surface area contributed by atoms with E-state index in [4.69, 9.17) is 4.74 Å². The third-order valence-electron chi connectivity index (χ3n) is 3.16. The van der Waals surface area contributed by atoms with Crippen molar-refractivity contribution in [1.82, 2.24) is 0 Å². The lowest BCUT2D eigenvalue weighted by Crippen LogP contribution is -2.21. The number of allylic oxidation sites excluding steroid dienone is 1. The Morgan fingerprint density at radius 3 is 2.84 bits per heavy atom. The van der Waals surface area contributed by atoms with Crippen molar-refractivity contribution in [3.05, 3.63) is 11.6 Å². The fraction of sp³-hybridized carbons (Fsp3) is 0.667. The van der Waals surface area contributed by atoms with Crippen LogP contribution in [0.3, 0.4) is 0 Å². The number of amidine groups is 1. The molecule has 0 aromatic heterocycles. The maximum absolute atomic E-state index is 11.6. The standard InChI is InChI=1S/C15H24N2O2/c1-4-6-11-17-14(16-3)12-7-9-13(10-8-12)15(18)19-5-2/h7,11,13H,4-6,8-10H2,1-3H3. The van der Waals surface area contributed by atoms with E-state index in [2.05, 4.69) is 23.0 Å². The molecule has 0 N–H and O–H groups in total. The van der Waals surface area contributed by atoms with E-state index in [0.29, 0.717) is 6.61 Å². The molecule has 1 rings (SSSR count). The summed E-state index contributed by atoms with van der Waals surface area (Å²) in [4.78, 5) is 20.3. The summed E-state index contributed by atoms with van der Waals surface area (Å²) in [5.74, 6) is 0.722. The Labute approximate surface area is 115 Å². The first kappa shape index (κ1) is 15.6. The molecule has 0 heterocycles. The summed E-state index contributed by atoms with van der Waals surface area (Å²) in [5, 5.41) is 0. The van der Waals surface area contributed by atoms with Crippen LogP contribution in [-0.4, -0.2) is 31.7 Å². The zero-order valence-corrected chi connectivity index (χ0v) is 12.2. The van der Waals surface area contributed by atoms with Gasteiger partial charge in [-0.25, -0.2) is 4.99 Å². The van der Waals surface area contributed by atoms with Gasteiger partial charge in [-0.15, -0.1) is 0 Å². The van der Waals surface area contributed by atoms with Gasteiger partial charge in [-0.2, -0.15) is 0 Å². The number of ether oxygens (including phenoxy) is 1. The quantitative estimate of drug-likeness (QED) is 0.435. The number of rotatable bonds is 5. The Morgan fingerprint density at radius 2 is 2.32 bits per heavy atom. The van der Waals surface area contributed by atoms with Crippen molar-refractivity contribution in [1.29, 1.82) is 0 Å². The number of aliphatic imine (C=N–C) groups is 2. The number of hydrogen-bond acceptors (Lipinski definition) is 3. The lowest BCUT2D eigenvalue weighted by Gasteiger charge is -2.20. The van der Waals surface area contributed by atoms with Crippen molar-refractivity contribution < 1.29 is 9.53 Å². The lowest BCUT2D eigenvalue weighted by molar-refractivity contribution is -0.148. The van der Waals surface area contributed by atoms with Gasteiger partial charge in [-0.3, -0.25) is 9.79 Å². The summed E-state index contributed by atoms with van der Waals surface area (Å²) < 4.78 is 5.05. The van der Waals surface area contributed by atoms with E-state index in [1.807, 2.05) is 13.1 Å². The van der Waals surface area contributed by atoms with E-state index in [1.165, 1.54) is 0 Å². The van der Waals surface area contributed by atoms with E-state index in [1.54, 1.807) is 7.05 Å². The molecular weight excluding hydrogens is 240 g/mol. The smallest absolute Gasteiger partial charge is 0.309 e. The van der Waals surface area contributed by atoms with Gasteiger partial charge in [0.2, 0.25) is 0 Å². The maximum atomic E-state index is 11.6. The highest BCUT2D eigenvalue weighted by atomic mass is 16.5. The minimum Gasteiger partial charge on any atom is -0.466 e. The van der Waals surface area contributed by atoms with Gasteiger partial charge in [0.25, 0.3) is 0 Å². The van der Waals surface area contributed by atoms with Gasteiger partial charge in [-0.1, -0.05) is 19.4 Å². The molecule has 0 saturated carbocycles. The van der Waals surface area contributed by atoms with Crippen LogP contribution in [0.4, 0.5) is 0 Å². The number of unbranched alkanes of at least 4 members (excludes halogenated alkanes) is 1. The van der Waals surface area contributed by atoms with Crippen LogP contribution in [0.5, 0.6) is 0 Å². The zero-order chi connectivity index (χ0) is 14.1. The van der Waals surface area contributed by atoms with Crippen LogP contribution in [0, 0.1) is 5.92 Å². The van der Waals surface area contributed by atoms with Crippen molar-refractivity contribution in [2.45, 2.75) is 46.0 Å². The van der Waals surface area contributed by atoms with Gasteiger partial charge in [-0.05, 0) is 38.2 Å². The highest BCUT2D eigenvalue weighted by molar-refractivity contribution is 6.02. The molecule has 0 amide bonds. The van der Waals surface area contributed by atoms with Crippen molar-refractivity contribution in [3.63, 3.8) is 0 Å². The molecule has 0 fully saturated rings. The van der Waals surface area contributed by atoms with Gasteiger partial charge < -0.3 is 4.74 Å². The fourth-order valence-electron chi connectivity index (χ4n) is 2.08. The molecule has 0 aromatic carbocycles. The molecule has 1 unspecified atom stereocenters. The first-order valence-electron chi connectivity index (χ1n) is 7.08. The Morgan fingerprint density at radius 1 is 1.53 bits per heavy atom. The lowest BCUT2D eigenvalue weighted by atomic mass is 9.89. The predicted molar refractivity (Wildman–Crippen MR) is 78.8 cm³/mol. The van der Waals surface area contributed by atoms with Crippen LogP contribution in [0.25, 0.3) is 0 Å². The second-order valence-electron chi connectivity index (χ2n) is 4.60. The molecule has 0 bridgehead atoms. The Bertz CT molecular complexity index is 384. The molecular formula is C15H24N2O2. The van der Waals surface area contributed by atoms with Gasteiger partial charge >= 0.3 is 5.97 Å². The number of nitrogens with zero attached hydrogens (tertiary/aromatic N) is 2. The fourth-order valence-corrected chi connectivity index (χ4v) is 2.08. The first-order chi connectivity index (χ1) is 9.22. The number of hydrogen-bond donors (Lipinski definition) is 0. The molecule has 1 aliphatic carbocycles. The summed E-state index contributed by atoms with van der Waals surface area (Å²) in [7, 11) is 1.76. The highest BCUT2D eigenvalue weighted by Crippen LogP contribution is 2.25. The summed E-state index contributed by atoms with van der Waals surface area (Å²) in [6.07, 6.45) is 8.46. The molecule has 1 aliphatic rings. The van der Waals surface area contributed by atoms with Gasteiger partial charge in [0.1, 0.15) is 5.84 Å². The topological polar surface area (TPSA) is 51.0 Å². The Hall–Kier alpha value is -1.45. The van der Waals surface area contributed by atoms with E-state index in [9.17, 15) is 4.79 Å². The first-order valence-corrected chi connectivity index (χ1v) is 7.08. The average molecular weight is 264 g/mol. The third kappa shape index (κ3) is 4.97. The zero-order valence-electron chi connectivity index (χ0n) is 12.2. The van der Waals surface area contributed by atoms with Crippen molar-refractivity contribution in [3.8, 4) is 0 Å². The van der Waals surface area contributed by atoms with Crippen LogP contribution in [0.2, 0.25) is 0 Å². The van der Waals surface area contributed by atoms with Crippen LogP contribution in [0.1, 0.15) is 46.0 Å². The SMILES string of the molecule is CCCC=NC(=NC)C1=CCC(C(=O)OCC)CC1. The van der Waals surface area contributed by atoms with Crippen LogP contribution in [-0.2, 0) is 9.53 Å². The predicted octanol–water partition coefficient (Wildman–Crippen LogP) is 3.18. The third-order valence-corrected chi connectivity index (χ3v) is 3.16. The van der Waals surface area contributed by atoms with E-state index in [-0.39, 0.29) is 11.9 Å². The molecule has 0 radical (unpaired) electrons. The summed E-state index contributed by atoms with van der Waals surface area (Å²) in [6.45, 7) is 4.42. The van der Waals surface area contributed by atoms with Crippen LogP contribution in [0.15, 0.2) is 21.6 Å². The average Bonchev–Trinajstić information content (AvgIpc) is 2.44. The molecule has 0 aliphatic heterocycles. The van der Waals surface area contributed by atoms with Gasteiger partial charge in [0.05, 0.1) is 12.5 Å². The Kier molecular flexibility index (Phi) is 7.08. The largest absolute Gasteiger partial charge is 0.466 e. The normalized spacial score (nSPS) is 20.5. The van der Waals surface area contributed by atoms with Crippen LogP contribution < -0.4 is 0 Å². The molecule has 4 nitrogen and oxygen atoms in total. The highest BCUT2D eigenvalue weighted by Gasteiger charge is 2.23. The molecule has 106 valence electrons. The monoisotopic (exact) mass is 264 g/mol. The second kappa shape index (κ2) is 8.62. The van der Waals surface area contributed by atoms with Crippen molar-refractivity contribution in [2.75, 3.05) is 13.7 Å². The molecule has 19 heavy (non-hydrogen) atoms. The minimum atomic E-state index is -0.0812. The molecule has 4 heteroatoms. The van der Waals surface area contributed by atoms with E-state index >= 15 is 0 Å². The molecule has 0 aromatic rings. The summed E-state index contributed by atoms with van der Waals surface area (Å²) in [6, 6.07) is 0. The van der Waals surface area contributed by atoms with Crippen molar-refractivity contribution in [2.24, 2.45) is 15.9 Å². The van der Waals surface area contributed by atoms with Crippen molar-refractivity contribution >= 4 is 18.0 Å².